The quantitative estimate of drug-likeness (QED) is 0.417. The summed E-state index contributed by atoms with van der Waals surface area (Å²) in [5, 5.41) is 0. The number of esters is 2. The van der Waals surface area contributed by atoms with Gasteiger partial charge >= 0.3 is 11.9 Å². The number of carbonyl (C=O) groups excluding carboxylic acids is 2. The highest BCUT2D eigenvalue weighted by atomic mass is 19.1. The molecule has 0 spiro atoms. The first-order valence-electron chi connectivity index (χ1n) is 6.74. The van der Waals surface area contributed by atoms with E-state index in [0.717, 1.165) is 6.42 Å². The van der Waals surface area contributed by atoms with Gasteiger partial charge in [-0.15, -0.1) is 0 Å². The van der Waals surface area contributed by atoms with Gasteiger partial charge in [-0.1, -0.05) is 19.1 Å². The molecule has 0 saturated heterocycles. The van der Waals surface area contributed by atoms with Crippen molar-refractivity contribution in [2.75, 3.05) is 6.61 Å². The van der Waals surface area contributed by atoms with Crippen LogP contribution in [-0.4, -0.2) is 18.5 Å². The lowest BCUT2D eigenvalue weighted by Gasteiger charge is -2.05. The van der Waals surface area contributed by atoms with E-state index in [4.69, 9.17) is 9.47 Å². The van der Waals surface area contributed by atoms with E-state index in [1.165, 1.54) is 18.2 Å². The van der Waals surface area contributed by atoms with Gasteiger partial charge in [0.05, 0.1) is 6.61 Å². The molecule has 0 amide bonds. The standard InChI is InChI=1S/C15H19FO4/c1-2-11-19-14(17)9-5-6-10-15(18)20-13-8-4-3-7-12(13)16/h3-4,7-8H,2,5-6,9-11H2,1H3. The predicted octanol–water partition coefficient (Wildman–Crippen LogP) is 3.24. The maximum absolute atomic E-state index is 13.2. The molecule has 0 bridgehead atoms. The molecule has 1 aromatic rings. The number of para-hydroxylation sites is 1. The first-order chi connectivity index (χ1) is 9.63. The van der Waals surface area contributed by atoms with Crippen LogP contribution in [0.25, 0.3) is 0 Å². The molecular weight excluding hydrogens is 263 g/mol. The number of benzene rings is 1. The van der Waals surface area contributed by atoms with Gasteiger partial charge in [-0.2, -0.15) is 0 Å². The number of hydrogen-bond donors (Lipinski definition) is 0. The van der Waals surface area contributed by atoms with Crippen molar-refractivity contribution in [3.8, 4) is 5.75 Å². The van der Waals surface area contributed by atoms with Gasteiger partial charge in [0.2, 0.25) is 0 Å². The third-order valence-electron chi connectivity index (χ3n) is 2.54. The van der Waals surface area contributed by atoms with Crippen molar-refractivity contribution in [3.05, 3.63) is 30.1 Å². The molecule has 0 unspecified atom stereocenters. The summed E-state index contributed by atoms with van der Waals surface area (Å²) in [6.07, 6.45) is 2.28. The maximum Gasteiger partial charge on any atom is 0.311 e. The minimum absolute atomic E-state index is 0.0696. The highest BCUT2D eigenvalue weighted by molar-refractivity contribution is 5.72. The van der Waals surface area contributed by atoms with Crippen molar-refractivity contribution in [2.45, 2.75) is 39.0 Å². The summed E-state index contributed by atoms with van der Waals surface area (Å²) in [7, 11) is 0. The van der Waals surface area contributed by atoms with Crippen LogP contribution < -0.4 is 4.74 Å². The molecule has 0 aliphatic heterocycles. The number of carbonyl (C=O) groups is 2. The minimum atomic E-state index is -0.566. The zero-order chi connectivity index (χ0) is 14.8. The molecule has 0 radical (unpaired) electrons. The number of rotatable bonds is 8. The van der Waals surface area contributed by atoms with E-state index >= 15 is 0 Å². The molecule has 4 nitrogen and oxygen atoms in total. The molecule has 110 valence electrons. The Morgan fingerprint density at radius 1 is 1.10 bits per heavy atom. The molecular formula is C15H19FO4. The topological polar surface area (TPSA) is 52.6 Å². The number of halogens is 1. The van der Waals surface area contributed by atoms with Crippen LogP contribution in [0.15, 0.2) is 24.3 Å². The highest BCUT2D eigenvalue weighted by Crippen LogP contribution is 2.16. The fourth-order valence-corrected chi connectivity index (χ4v) is 1.53. The zero-order valence-corrected chi connectivity index (χ0v) is 11.6. The monoisotopic (exact) mass is 282 g/mol. The Morgan fingerprint density at radius 2 is 1.75 bits per heavy atom. The van der Waals surface area contributed by atoms with Crippen molar-refractivity contribution in [1.29, 1.82) is 0 Å². The van der Waals surface area contributed by atoms with E-state index in [9.17, 15) is 14.0 Å². The maximum atomic E-state index is 13.2. The van der Waals surface area contributed by atoms with E-state index < -0.39 is 11.8 Å². The second-order valence-corrected chi connectivity index (χ2v) is 4.33. The Labute approximate surface area is 117 Å². The Kier molecular flexibility index (Phi) is 7.32. The van der Waals surface area contributed by atoms with Crippen LogP contribution in [0, 0.1) is 5.82 Å². The predicted molar refractivity (Wildman–Crippen MR) is 71.8 cm³/mol. The van der Waals surface area contributed by atoms with E-state index in [2.05, 4.69) is 0 Å². The molecule has 0 atom stereocenters. The normalized spacial score (nSPS) is 10.1. The van der Waals surface area contributed by atoms with Crippen LogP contribution in [0.4, 0.5) is 4.39 Å². The lowest BCUT2D eigenvalue weighted by Crippen LogP contribution is -2.09. The van der Waals surface area contributed by atoms with Crippen LogP contribution in [0.1, 0.15) is 39.0 Å². The van der Waals surface area contributed by atoms with Gasteiger partial charge in [-0.3, -0.25) is 9.59 Å². The second kappa shape index (κ2) is 9.07. The van der Waals surface area contributed by atoms with Gasteiger partial charge < -0.3 is 9.47 Å². The van der Waals surface area contributed by atoms with Crippen LogP contribution in [-0.2, 0) is 14.3 Å². The lowest BCUT2D eigenvalue weighted by atomic mass is 10.2. The molecule has 0 saturated carbocycles. The van der Waals surface area contributed by atoms with Crippen molar-refractivity contribution >= 4 is 11.9 Å². The second-order valence-electron chi connectivity index (χ2n) is 4.33. The number of hydrogen-bond acceptors (Lipinski definition) is 4. The molecule has 20 heavy (non-hydrogen) atoms. The van der Waals surface area contributed by atoms with E-state index in [1.807, 2.05) is 6.92 Å². The van der Waals surface area contributed by atoms with Gasteiger partial charge in [0.15, 0.2) is 11.6 Å². The molecule has 1 aromatic carbocycles. The smallest absolute Gasteiger partial charge is 0.311 e. The van der Waals surface area contributed by atoms with Gasteiger partial charge in [0.1, 0.15) is 0 Å². The summed E-state index contributed by atoms with van der Waals surface area (Å²) in [5.74, 6) is -1.39. The minimum Gasteiger partial charge on any atom is -0.466 e. The molecule has 0 aromatic heterocycles. The summed E-state index contributed by atoms with van der Waals surface area (Å²) >= 11 is 0. The molecule has 0 N–H and O–H groups in total. The van der Waals surface area contributed by atoms with Crippen molar-refractivity contribution < 1.29 is 23.5 Å². The summed E-state index contributed by atoms with van der Waals surface area (Å²) in [4.78, 5) is 22.7. The van der Waals surface area contributed by atoms with E-state index in [1.54, 1.807) is 6.07 Å². The summed E-state index contributed by atoms with van der Waals surface area (Å²) in [6, 6.07) is 5.74. The molecule has 5 heteroatoms. The zero-order valence-electron chi connectivity index (χ0n) is 11.6. The van der Waals surface area contributed by atoms with Crippen molar-refractivity contribution in [3.63, 3.8) is 0 Å². The van der Waals surface area contributed by atoms with E-state index in [-0.39, 0.29) is 24.6 Å². The number of ether oxygens (including phenoxy) is 2. The van der Waals surface area contributed by atoms with Gasteiger partial charge in [0.25, 0.3) is 0 Å². The van der Waals surface area contributed by atoms with Crippen LogP contribution in [0.2, 0.25) is 0 Å². The molecule has 0 aliphatic rings. The summed E-state index contributed by atoms with van der Waals surface area (Å²) < 4.78 is 23.0. The highest BCUT2D eigenvalue weighted by Gasteiger charge is 2.09. The average molecular weight is 282 g/mol. The Hall–Kier alpha value is -1.91. The Morgan fingerprint density at radius 3 is 2.40 bits per heavy atom. The largest absolute Gasteiger partial charge is 0.466 e. The first kappa shape index (κ1) is 16.1. The van der Waals surface area contributed by atoms with Crippen LogP contribution in [0.5, 0.6) is 5.75 Å². The average Bonchev–Trinajstić information content (AvgIpc) is 2.44. The fourth-order valence-electron chi connectivity index (χ4n) is 1.53. The number of unbranched alkanes of at least 4 members (excludes halogenated alkanes) is 1. The SMILES string of the molecule is CCCOC(=O)CCCCC(=O)Oc1ccccc1F. The lowest BCUT2D eigenvalue weighted by molar-refractivity contribution is -0.144. The Balaban J connectivity index is 2.18. The molecule has 1 rings (SSSR count). The molecule has 0 heterocycles. The van der Waals surface area contributed by atoms with Crippen LogP contribution in [0.3, 0.4) is 0 Å². The third-order valence-corrected chi connectivity index (χ3v) is 2.54. The van der Waals surface area contributed by atoms with Crippen molar-refractivity contribution in [1.82, 2.24) is 0 Å². The van der Waals surface area contributed by atoms with Crippen molar-refractivity contribution in [2.24, 2.45) is 0 Å². The fraction of sp³-hybridized carbons (Fsp3) is 0.467. The third kappa shape index (κ3) is 6.31. The summed E-state index contributed by atoms with van der Waals surface area (Å²) in [6.45, 7) is 2.35. The van der Waals surface area contributed by atoms with Gasteiger partial charge in [-0.25, -0.2) is 4.39 Å². The first-order valence-corrected chi connectivity index (χ1v) is 6.74. The van der Waals surface area contributed by atoms with Gasteiger partial charge in [0, 0.05) is 12.8 Å². The molecule has 0 aliphatic carbocycles. The summed E-state index contributed by atoms with van der Waals surface area (Å²) in [5.41, 5.74) is 0. The van der Waals surface area contributed by atoms with Gasteiger partial charge in [-0.05, 0) is 31.4 Å². The molecule has 0 fully saturated rings. The van der Waals surface area contributed by atoms with E-state index in [0.29, 0.717) is 19.4 Å². The Bertz CT molecular complexity index is 445. The van der Waals surface area contributed by atoms with Crippen LogP contribution >= 0.6 is 0 Å².